The van der Waals surface area contributed by atoms with E-state index in [9.17, 15) is 19.2 Å². The number of pyridine rings is 6. The molecule has 10 aromatic rings. The molecule has 484 valence electrons. The zero-order chi connectivity index (χ0) is 65.3. The molecule has 1 amide bonds. The summed E-state index contributed by atoms with van der Waals surface area (Å²) in [5, 5.41) is 0.693. The Morgan fingerprint density at radius 2 is 1.01 bits per heavy atom. The van der Waals surface area contributed by atoms with Gasteiger partial charge in [0.2, 0.25) is 0 Å². The lowest BCUT2D eigenvalue weighted by Crippen LogP contribution is -2.48. The average Bonchev–Trinajstić information content (AvgIpc) is 1.39. The van der Waals surface area contributed by atoms with Crippen LogP contribution in [0.15, 0.2) is 145 Å². The third-order valence-electron chi connectivity index (χ3n) is 18.5. The Kier molecular flexibility index (Phi) is 18.1. The van der Waals surface area contributed by atoms with Crippen LogP contribution in [0.2, 0.25) is 0 Å². The van der Waals surface area contributed by atoms with Gasteiger partial charge in [-0.2, -0.15) is 0 Å². The van der Waals surface area contributed by atoms with E-state index in [1.807, 2.05) is 89.1 Å². The number of carbonyl (C=O) groups is 2. The lowest BCUT2D eigenvalue weighted by molar-refractivity contribution is 0.0519. The van der Waals surface area contributed by atoms with Gasteiger partial charge in [-0.25, -0.2) is 23.5 Å². The van der Waals surface area contributed by atoms with Crippen molar-refractivity contribution in [2.45, 2.75) is 136 Å². The zero-order valence-corrected chi connectivity index (χ0v) is 53.7. The molecule has 4 aliphatic rings. The van der Waals surface area contributed by atoms with Crippen LogP contribution in [0.3, 0.4) is 0 Å². The monoisotopic (exact) mass is 1270 g/mol. The van der Waals surface area contributed by atoms with Crippen molar-refractivity contribution in [2.75, 3.05) is 42.6 Å². The van der Waals surface area contributed by atoms with Crippen molar-refractivity contribution < 1.29 is 23.1 Å². The fourth-order valence-corrected chi connectivity index (χ4v) is 13.3. The van der Waals surface area contributed by atoms with Crippen molar-refractivity contribution in [2.24, 2.45) is 5.73 Å². The van der Waals surface area contributed by atoms with Crippen molar-refractivity contribution in [1.82, 2.24) is 58.0 Å². The fraction of sp³-hybridized carbons (Fsp3) is 0.361. The number of hydrogen-bond acceptors (Lipinski definition) is 15. The van der Waals surface area contributed by atoms with Gasteiger partial charge < -0.3 is 38.5 Å². The summed E-state index contributed by atoms with van der Waals surface area (Å²) in [5.74, 6) is -2.40. The number of amides is 1. The first-order valence-corrected chi connectivity index (χ1v) is 32.5. The number of aromatic nitrogens is 10. The molecule has 22 heteroatoms. The van der Waals surface area contributed by atoms with E-state index in [-0.39, 0.29) is 64.4 Å². The van der Waals surface area contributed by atoms with Crippen LogP contribution in [0, 0.1) is 39.3 Å². The molecule has 2 saturated heterocycles. The van der Waals surface area contributed by atoms with Crippen molar-refractivity contribution in [1.29, 1.82) is 0 Å². The van der Waals surface area contributed by atoms with E-state index in [1.165, 1.54) is 46.3 Å². The second-order valence-corrected chi connectivity index (χ2v) is 25.5. The Hall–Kier alpha value is -9.80. The molecule has 8 aromatic heterocycles. The van der Waals surface area contributed by atoms with Crippen LogP contribution in [0.5, 0.6) is 0 Å². The highest BCUT2D eigenvalue weighted by molar-refractivity contribution is 5.91. The minimum atomic E-state index is -0.692. The van der Waals surface area contributed by atoms with Crippen LogP contribution in [0.1, 0.15) is 136 Å². The second kappa shape index (κ2) is 27.0. The number of nitrogens with zero attached hydrogens (tertiary/aromatic N) is 14. The van der Waals surface area contributed by atoms with Gasteiger partial charge >= 0.3 is 5.97 Å². The number of nitrogens with two attached hydrogens (primary N) is 1. The Morgan fingerprint density at radius 1 is 0.553 bits per heavy atom. The first-order valence-electron chi connectivity index (χ1n) is 32.5. The van der Waals surface area contributed by atoms with E-state index in [2.05, 4.69) is 82.9 Å². The van der Waals surface area contributed by atoms with Crippen LogP contribution in [0.25, 0.3) is 33.2 Å². The van der Waals surface area contributed by atoms with E-state index < -0.39 is 23.5 Å². The van der Waals surface area contributed by atoms with E-state index in [1.54, 1.807) is 19.1 Å². The number of benzene rings is 2. The molecule has 2 saturated carbocycles. The van der Waals surface area contributed by atoms with Gasteiger partial charge in [0.15, 0.2) is 16.6 Å². The molecule has 2 aliphatic heterocycles. The number of rotatable bonds is 19. The van der Waals surface area contributed by atoms with E-state index in [4.69, 9.17) is 10.5 Å². The number of piperidine rings is 2. The Bertz CT molecular complexity index is 4580. The van der Waals surface area contributed by atoms with Gasteiger partial charge in [-0.15, -0.1) is 0 Å². The number of imidazole rings is 2. The molecule has 94 heavy (non-hydrogen) atoms. The molecule has 0 bridgehead atoms. The molecular weight excluding hydrogens is 1190 g/mol. The van der Waals surface area contributed by atoms with Gasteiger partial charge in [0.05, 0.1) is 52.8 Å². The normalized spacial score (nSPS) is 16.6. The van der Waals surface area contributed by atoms with Crippen molar-refractivity contribution in [3.8, 4) is 11.4 Å². The number of ether oxygens (including phenoxy) is 1. The number of primary amides is 1. The quantitative estimate of drug-likeness (QED) is 0.0746. The zero-order valence-electron chi connectivity index (χ0n) is 53.7. The van der Waals surface area contributed by atoms with Crippen molar-refractivity contribution in [3.05, 3.63) is 224 Å². The lowest BCUT2D eigenvalue weighted by atomic mass is 10.0. The molecule has 4 fully saturated rings. The molecule has 20 nitrogen and oxygen atoms in total. The summed E-state index contributed by atoms with van der Waals surface area (Å²) in [4.78, 5) is 87.7. The highest BCUT2D eigenvalue weighted by Crippen LogP contribution is 2.40. The summed E-state index contributed by atoms with van der Waals surface area (Å²) in [6.45, 7) is 15.6. The van der Waals surface area contributed by atoms with Gasteiger partial charge in [0, 0.05) is 158 Å². The SMILES string of the molecule is CCOC(=O)c1cn(-c2cc3c(cc2F)c(=O)c(CN(Cc2ccnc(C)c2)[C@H]2CCCN(c4ccc(C)nc4)C2)cn3C2CC2)cn1.Cc1ccc(N2CCC[C@H](N(Cc3ccnc(C)c3)Cc3cn(C4CC4)c4cc(-n5cnc(C(N)=O)c5)c(F)cc4c3=O)C2)cn1. The van der Waals surface area contributed by atoms with Crippen molar-refractivity contribution in [3.63, 3.8) is 0 Å². The third kappa shape index (κ3) is 13.9. The van der Waals surface area contributed by atoms with Gasteiger partial charge in [0.25, 0.3) is 5.91 Å². The molecule has 2 N–H and O–H groups in total. The summed E-state index contributed by atoms with van der Waals surface area (Å²) in [6, 6.07) is 23.5. The van der Waals surface area contributed by atoms with Crippen molar-refractivity contribution >= 4 is 45.1 Å². The lowest BCUT2D eigenvalue weighted by Gasteiger charge is -2.40. The predicted molar refractivity (Wildman–Crippen MR) is 356 cm³/mol. The Balaban J connectivity index is 0.000000171. The number of carbonyl (C=O) groups excluding carboxylic acids is 2. The van der Waals surface area contributed by atoms with Crippen LogP contribution in [0.4, 0.5) is 20.2 Å². The van der Waals surface area contributed by atoms with Crippen LogP contribution in [-0.4, -0.2) is 115 Å². The number of hydrogen-bond donors (Lipinski definition) is 1. The highest BCUT2D eigenvalue weighted by Gasteiger charge is 2.33. The minimum Gasteiger partial charge on any atom is -0.461 e. The molecule has 0 radical (unpaired) electrons. The first kappa shape index (κ1) is 63.0. The molecule has 14 rings (SSSR count). The molecule has 2 atom stereocenters. The maximum absolute atomic E-state index is 15.8. The van der Waals surface area contributed by atoms with Crippen LogP contribution < -0.4 is 26.4 Å². The summed E-state index contributed by atoms with van der Waals surface area (Å²) >= 11 is 0. The molecule has 10 heterocycles. The maximum atomic E-state index is 15.8. The highest BCUT2D eigenvalue weighted by atomic mass is 19.1. The Morgan fingerprint density at radius 3 is 1.41 bits per heavy atom. The van der Waals surface area contributed by atoms with Crippen LogP contribution >= 0.6 is 0 Å². The molecule has 2 aliphatic carbocycles. The smallest absolute Gasteiger partial charge is 0.358 e. The minimum absolute atomic E-state index is 0.0406. The molecule has 2 aromatic carbocycles. The average molecular weight is 1270 g/mol. The van der Waals surface area contributed by atoms with Gasteiger partial charge in [-0.05, 0) is 170 Å². The van der Waals surface area contributed by atoms with E-state index in [0.717, 1.165) is 123 Å². The first-order chi connectivity index (χ1) is 45.5. The van der Waals surface area contributed by atoms with Gasteiger partial charge in [-0.1, -0.05) is 0 Å². The summed E-state index contributed by atoms with van der Waals surface area (Å²) in [5.41, 5.74) is 16.5. The summed E-state index contributed by atoms with van der Waals surface area (Å²) in [7, 11) is 0. The fourth-order valence-electron chi connectivity index (χ4n) is 13.3. The maximum Gasteiger partial charge on any atom is 0.358 e. The van der Waals surface area contributed by atoms with Gasteiger partial charge in [-0.3, -0.25) is 44.1 Å². The number of fused-ring (bicyclic) bond motifs is 2. The number of aryl methyl sites for hydroxylation is 4. The number of esters is 1. The molecular formula is C72H77F2N15O5. The van der Waals surface area contributed by atoms with Crippen LogP contribution in [-0.2, 0) is 30.9 Å². The number of halogens is 2. The topological polar surface area (TPSA) is 214 Å². The molecule has 0 unspecified atom stereocenters. The van der Waals surface area contributed by atoms with Gasteiger partial charge in [0.1, 0.15) is 30.0 Å². The standard InChI is InChI=1S/C37H40FN7O3.C35H37FN8O2/c1-4-48-37(47)33-22-44(23-41-33)35-16-34-31(15-32(35)38)36(46)27(20-45(34)28-9-10-28)19-43(18-26-11-12-39-25(3)14-26)30-6-5-13-42(21-30)29-8-7-24(2)40-17-29;1-22-5-6-27(15-39-22)41-11-3-4-28(19-41)42(16-24-9-10-38-23(2)12-24)17-25-18-44(26-7-8-26)32-14-33(30(36)13-29(32)34(25)45)43-20-31(35(37)46)40-21-43/h7-8,11-12,14-17,20,22-23,28,30H,4-6,9-10,13,18-19,21H2,1-3H3;5-6,9-10,12-15,18,20-21,26,28H,3-4,7-8,11,16-17,19H2,1-2H3,(H2,37,46)/t30-;28-/m00/s1. The predicted octanol–water partition coefficient (Wildman–Crippen LogP) is 10.8. The Labute approximate surface area is 543 Å². The largest absolute Gasteiger partial charge is 0.461 e. The number of anilines is 2. The third-order valence-corrected chi connectivity index (χ3v) is 18.5. The van der Waals surface area contributed by atoms with E-state index in [0.29, 0.717) is 59.1 Å². The summed E-state index contributed by atoms with van der Waals surface area (Å²) < 4.78 is 43.6. The second-order valence-electron chi connectivity index (χ2n) is 25.5. The van der Waals surface area contributed by atoms with E-state index >= 15 is 8.78 Å². The summed E-state index contributed by atoms with van der Waals surface area (Å²) in [6.07, 6.45) is 25.1. The molecule has 0 spiro atoms.